The third-order valence-electron chi connectivity index (χ3n) is 4.90. The van der Waals surface area contributed by atoms with Crippen LogP contribution in [0.3, 0.4) is 0 Å². The highest BCUT2D eigenvalue weighted by Crippen LogP contribution is 2.12. The van der Waals surface area contributed by atoms with Crippen LogP contribution in [0.5, 0.6) is 0 Å². The molecule has 1 N–H and O–H groups in total. The number of benzene rings is 2. The molecule has 2 aromatic carbocycles. The van der Waals surface area contributed by atoms with Gasteiger partial charge in [0, 0.05) is 38.3 Å². The Balaban J connectivity index is 0.00000243. The van der Waals surface area contributed by atoms with E-state index in [0.29, 0.717) is 6.54 Å². The molecule has 1 saturated heterocycles. The summed E-state index contributed by atoms with van der Waals surface area (Å²) in [6.45, 7) is 4.87. The molecule has 2 aromatic rings. The third kappa shape index (κ3) is 5.84. The van der Waals surface area contributed by atoms with Gasteiger partial charge < -0.3 is 10.1 Å². The predicted molar refractivity (Wildman–Crippen MR) is 110 cm³/mol. The average Bonchev–Trinajstić information content (AvgIpc) is 2.67. The minimum Gasteiger partial charge on any atom is -0.411 e. The van der Waals surface area contributed by atoms with Crippen molar-refractivity contribution in [3.63, 3.8) is 0 Å². The van der Waals surface area contributed by atoms with Gasteiger partial charge in [-0.05, 0) is 37.1 Å². The second-order valence-corrected chi connectivity index (χ2v) is 6.81. The van der Waals surface area contributed by atoms with Gasteiger partial charge >= 0.3 is 0 Å². The molecule has 4 nitrogen and oxygen atoms in total. The Morgan fingerprint density at radius 2 is 1.58 bits per heavy atom. The first-order valence-corrected chi connectivity index (χ1v) is 8.99. The van der Waals surface area contributed by atoms with Gasteiger partial charge in [0.1, 0.15) is 5.71 Å². The lowest BCUT2D eigenvalue weighted by Crippen LogP contribution is -2.46. The molecule has 0 bridgehead atoms. The molecule has 1 fully saturated rings. The lowest BCUT2D eigenvalue weighted by Gasteiger charge is -2.32. The molecule has 0 radical (unpaired) electrons. The lowest BCUT2D eigenvalue weighted by molar-refractivity contribution is 0.169. The molecule has 140 valence electrons. The molecule has 0 amide bonds. The van der Waals surface area contributed by atoms with Crippen molar-refractivity contribution in [2.75, 3.05) is 39.8 Å². The molecule has 1 aliphatic heterocycles. The van der Waals surface area contributed by atoms with Crippen LogP contribution in [0, 0.1) is 0 Å². The molecular formula is C21H28ClN3O. The van der Waals surface area contributed by atoms with E-state index < -0.39 is 0 Å². The van der Waals surface area contributed by atoms with Crippen molar-refractivity contribution in [1.82, 2.24) is 9.80 Å². The Bertz CT molecular complexity index is 697. The van der Waals surface area contributed by atoms with E-state index in [4.69, 9.17) is 0 Å². The normalized spacial score (nSPS) is 16.3. The van der Waals surface area contributed by atoms with Crippen LogP contribution in [0.4, 0.5) is 0 Å². The quantitative estimate of drug-likeness (QED) is 0.479. The number of piperazine rings is 1. The number of hydrogen-bond acceptors (Lipinski definition) is 4. The Labute approximate surface area is 162 Å². The number of hydrogen-bond donors (Lipinski definition) is 1. The van der Waals surface area contributed by atoms with Gasteiger partial charge in [0.15, 0.2) is 0 Å². The summed E-state index contributed by atoms with van der Waals surface area (Å²) >= 11 is 0. The largest absolute Gasteiger partial charge is 0.411 e. The van der Waals surface area contributed by atoms with E-state index in [9.17, 15) is 5.21 Å². The van der Waals surface area contributed by atoms with Crippen molar-refractivity contribution >= 4 is 18.1 Å². The first-order valence-electron chi connectivity index (χ1n) is 8.99. The molecule has 1 heterocycles. The second-order valence-electron chi connectivity index (χ2n) is 6.81. The summed E-state index contributed by atoms with van der Waals surface area (Å²) in [5.74, 6) is 0. The Morgan fingerprint density at radius 3 is 2.27 bits per heavy atom. The molecule has 26 heavy (non-hydrogen) atoms. The molecule has 0 aromatic heterocycles. The van der Waals surface area contributed by atoms with E-state index in [1.165, 1.54) is 11.1 Å². The highest BCUT2D eigenvalue weighted by atomic mass is 35.5. The molecule has 0 spiro atoms. The fraction of sp³-hybridized carbons (Fsp3) is 0.381. The van der Waals surface area contributed by atoms with Gasteiger partial charge in [-0.25, -0.2) is 0 Å². The van der Waals surface area contributed by atoms with E-state index in [0.717, 1.165) is 50.3 Å². The number of oxime groups is 1. The van der Waals surface area contributed by atoms with Crippen molar-refractivity contribution in [2.24, 2.45) is 5.16 Å². The standard InChI is InChI=1S/C21H27N3O.ClH/c1-23-12-14-24(15-13-23)17-21(22-25)20-9-5-8-19(16-20)11-10-18-6-3-2-4-7-18;/h2-9,16,25H,10-15,17H2,1H3;1H/b22-21-;. The van der Waals surface area contributed by atoms with Gasteiger partial charge in [0.05, 0.1) is 0 Å². The minimum absolute atomic E-state index is 0. The first-order chi connectivity index (χ1) is 12.2. The van der Waals surface area contributed by atoms with Gasteiger partial charge in [0.25, 0.3) is 0 Å². The molecule has 0 saturated carbocycles. The van der Waals surface area contributed by atoms with Gasteiger partial charge in [-0.2, -0.15) is 0 Å². The summed E-state index contributed by atoms with van der Waals surface area (Å²) in [6.07, 6.45) is 2.01. The van der Waals surface area contributed by atoms with Gasteiger partial charge in [-0.1, -0.05) is 53.7 Å². The van der Waals surface area contributed by atoms with Crippen LogP contribution in [0.1, 0.15) is 16.7 Å². The van der Waals surface area contributed by atoms with Crippen LogP contribution in [0.25, 0.3) is 0 Å². The van der Waals surface area contributed by atoms with Crippen LogP contribution in [0.15, 0.2) is 59.8 Å². The summed E-state index contributed by atoms with van der Waals surface area (Å²) in [5.41, 5.74) is 4.40. The highest BCUT2D eigenvalue weighted by molar-refractivity contribution is 6.01. The molecule has 1 aliphatic rings. The van der Waals surface area contributed by atoms with Crippen molar-refractivity contribution in [1.29, 1.82) is 0 Å². The van der Waals surface area contributed by atoms with Crippen molar-refractivity contribution < 1.29 is 5.21 Å². The Kier molecular flexibility index (Phi) is 8.10. The maximum atomic E-state index is 9.51. The molecule has 3 rings (SSSR count). The van der Waals surface area contributed by atoms with E-state index in [-0.39, 0.29) is 12.4 Å². The number of aryl methyl sites for hydroxylation is 2. The molecule has 0 aliphatic carbocycles. The van der Waals surface area contributed by atoms with Gasteiger partial charge in [0.2, 0.25) is 0 Å². The summed E-state index contributed by atoms with van der Waals surface area (Å²) in [4.78, 5) is 4.68. The second kappa shape index (κ2) is 10.3. The van der Waals surface area contributed by atoms with E-state index >= 15 is 0 Å². The highest BCUT2D eigenvalue weighted by Gasteiger charge is 2.17. The van der Waals surface area contributed by atoms with Crippen LogP contribution in [0.2, 0.25) is 0 Å². The fourth-order valence-corrected chi connectivity index (χ4v) is 3.24. The van der Waals surface area contributed by atoms with Crippen molar-refractivity contribution in [2.45, 2.75) is 12.8 Å². The Morgan fingerprint density at radius 1 is 0.923 bits per heavy atom. The lowest BCUT2D eigenvalue weighted by atomic mass is 10.0. The summed E-state index contributed by atoms with van der Waals surface area (Å²) in [7, 11) is 2.15. The summed E-state index contributed by atoms with van der Waals surface area (Å²) in [5, 5.41) is 13.1. The smallest absolute Gasteiger partial charge is 0.101 e. The van der Waals surface area contributed by atoms with Crippen LogP contribution in [-0.4, -0.2) is 60.5 Å². The molecule has 0 atom stereocenters. The third-order valence-corrected chi connectivity index (χ3v) is 4.90. The van der Waals surface area contributed by atoms with Gasteiger partial charge in [-0.15, -0.1) is 12.4 Å². The SMILES string of the molecule is CN1CCN(C/C(=N/O)c2cccc(CCc3ccccc3)c2)CC1.Cl. The minimum atomic E-state index is 0. The fourth-order valence-electron chi connectivity index (χ4n) is 3.24. The zero-order valence-electron chi connectivity index (χ0n) is 15.3. The average molecular weight is 374 g/mol. The van der Waals surface area contributed by atoms with Crippen LogP contribution >= 0.6 is 12.4 Å². The maximum Gasteiger partial charge on any atom is 0.101 e. The summed E-state index contributed by atoms with van der Waals surface area (Å²) < 4.78 is 0. The van der Waals surface area contributed by atoms with Crippen molar-refractivity contribution in [3.8, 4) is 0 Å². The topological polar surface area (TPSA) is 39.1 Å². The molecular weight excluding hydrogens is 346 g/mol. The van der Waals surface area contributed by atoms with Crippen LogP contribution < -0.4 is 0 Å². The molecule has 0 unspecified atom stereocenters. The number of halogens is 1. The number of rotatable bonds is 6. The predicted octanol–water partition coefficient (Wildman–Crippen LogP) is 3.32. The van der Waals surface area contributed by atoms with E-state index in [1.54, 1.807) is 0 Å². The zero-order valence-corrected chi connectivity index (χ0v) is 16.2. The zero-order chi connectivity index (χ0) is 17.5. The number of likely N-dealkylation sites (N-methyl/N-ethyl adjacent to an activating group) is 1. The van der Waals surface area contributed by atoms with Crippen molar-refractivity contribution in [3.05, 3.63) is 71.3 Å². The molecule has 5 heteroatoms. The monoisotopic (exact) mass is 373 g/mol. The van der Waals surface area contributed by atoms with Crippen LogP contribution in [-0.2, 0) is 12.8 Å². The van der Waals surface area contributed by atoms with E-state index in [2.05, 4.69) is 64.5 Å². The maximum absolute atomic E-state index is 9.51. The summed E-state index contributed by atoms with van der Waals surface area (Å²) in [6, 6.07) is 19.0. The van der Waals surface area contributed by atoms with E-state index in [1.807, 2.05) is 12.1 Å². The first kappa shape index (κ1) is 20.4. The Hall–Kier alpha value is -1.88. The van der Waals surface area contributed by atoms with Gasteiger partial charge in [-0.3, -0.25) is 4.90 Å². The number of nitrogens with zero attached hydrogens (tertiary/aromatic N) is 3.